The third-order valence-electron chi connectivity index (χ3n) is 3.67. The van der Waals surface area contributed by atoms with Crippen LogP contribution in [0.25, 0.3) is 33.7 Å². The zero-order chi connectivity index (χ0) is 17.2. The summed E-state index contributed by atoms with van der Waals surface area (Å²) in [6.07, 6.45) is 3.75. The highest BCUT2D eigenvalue weighted by Gasteiger charge is 2.09. The van der Waals surface area contributed by atoms with E-state index in [0.717, 1.165) is 15.2 Å². The minimum atomic E-state index is -0.416. The first-order valence-electron chi connectivity index (χ1n) is 7.57. The van der Waals surface area contributed by atoms with Gasteiger partial charge in [-0.25, -0.2) is 4.98 Å². The van der Waals surface area contributed by atoms with Crippen LogP contribution < -0.4 is 0 Å². The van der Waals surface area contributed by atoms with E-state index in [1.54, 1.807) is 29.5 Å². The number of hydrogen-bond acceptors (Lipinski definition) is 5. The number of nitrogens with zero attached hydrogens (tertiary/aromatic N) is 2. The van der Waals surface area contributed by atoms with Crippen LogP contribution in [0.4, 0.5) is 5.69 Å². The normalized spacial score (nSPS) is 11.4. The Hall–Kier alpha value is -3.25. The van der Waals surface area contributed by atoms with Gasteiger partial charge in [0, 0.05) is 17.7 Å². The Morgan fingerprint density at radius 1 is 1.04 bits per heavy atom. The molecule has 4 aromatic rings. The van der Waals surface area contributed by atoms with E-state index in [1.807, 2.05) is 42.5 Å². The molecule has 4 rings (SSSR count). The predicted octanol–water partition coefficient (Wildman–Crippen LogP) is 5.63. The minimum Gasteiger partial charge on any atom is -0.457 e. The topological polar surface area (TPSA) is 69.2 Å². The molecule has 0 unspecified atom stereocenters. The van der Waals surface area contributed by atoms with Crippen LogP contribution in [0.2, 0.25) is 0 Å². The van der Waals surface area contributed by atoms with Crippen LogP contribution in [0.3, 0.4) is 0 Å². The molecule has 0 fully saturated rings. The summed E-state index contributed by atoms with van der Waals surface area (Å²) in [5.41, 5.74) is 1.69. The Bertz CT molecular complexity index is 1060. The van der Waals surface area contributed by atoms with Gasteiger partial charge in [0.1, 0.15) is 16.5 Å². The van der Waals surface area contributed by atoms with E-state index < -0.39 is 4.92 Å². The van der Waals surface area contributed by atoms with Crippen molar-refractivity contribution < 1.29 is 9.34 Å². The second-order valence-electron chi connectivity index (χ2n) is 5.36. The van der Waals surface area contributed by atoms with Gasteiger partial charge < -0.3 is 4.42 Å². The molecule has 0 spiro atoms. The quantitative estimate of drug-likeness (QED) is 0.354. The highest BCUT2D eigenvalue weighted by atomic mass is 32.1. The standard InChI is InChI=1S/C19H12N2O3S/c22-21(23)14-5-3-4-13(12-14)17-10-8-15(24-17)9-11-19-20-16-6-1-2-7-18(16)25-19/h1-12H. The average Bonchev–Trinajstić information content (AvgIpc) is 3.26. The molecular weight excluding hydrogens is 336 g/mol. The highest BCUT2D eigenvalue weighted by molar-refractivity contribution is 7.19. The van der Waals surface area contributed by atoms with Crippen molar-refractivity contribution >= 4 is 39.4 Å². The summed E-state index contributed by atoms with van der Waals surface area (Å²) in [6.45, 7) is 0. The molecule has 2 heterocycles. The number of fused-ring (bicyclic) bond motifs is 1. The maximum atomic E-state index is 10.9. The first-order valence-corrected chi connectivity index (χ1v) is 8.39. The summed E-state index contributed by atoms with van der Waals surface area (Å²) < 4.78 is 6.91. The number of benzene rings is 2. The van der Waals surface area contributed by atoms with Gasteiger partial charge in [-0.3, -0.25) is 10.1 Å². The molecule has 0 aliphatic heterocycles. The number of aromatic nitrogens is 1. The molecule has 2 aromatic heterocycles. The van der Waals surface area contributed by atoms with Crippen LogP contribution in [-0.4, -0.2) is 9.91 Å². The van der Waals surface area contributed by atoms with Crippen molar-refractivity contribution in [3.63, 3.8) is 0 Å². The molecule has 0 radical (unpaired) electrons. The lowest BCUT2D eigenvalue weighted by Crippen LogP contribution is -1.87. The molecular formula is C19H12N2O3S. The van der Waals surface area contributed by atoms with Crippen molar-refractivity contribution in [3.8, 4) is 11.3 Å². The number of hydrogen-bond donors (Lipinski definition) is 0. The zero-order valence-electron chi connectivity index (χ0n) is 13.0. The fourth-order valence-electron chi connectivity index (χ4n) is 2.49. The lowest BCUT2D eigenvalue weighted by atomic mass is 10.1. The molecule has 122 valence electrons. The van der Waals surface area contributed by atoms with Crippen LogP contribution in [0.1, 0.15) is 10.8 Å². The van der Waals surface area contributed by atoms with Crippen molar-refractivity contribution in [1.29, 1.82) is 0 Å². The number of rotatable bonds is 4. The minimum absolute atomic E-state index is 0.0421. The smallest absolute Gasteiger partial charge is 0.270 e. The third-order valence-corrected chi connectivity index (χ3v) is 4.67. The summed E-state index contributed by atoms with van der Waals surface area (Å²) in [7, 11) is 0. The Morgan fingerprint density at radius 3 is 2.76 bits per heavy atom. The monoisotopic (exact) mass is 348 g/mol. The second kappa shape index (κ2) is 6.33. The number of thiazole rings is 1. The van der Waals surface area contributed by atoms with Gasteiger partial charge in [-0.2, -0.15) is 0 Å². The van der Waals surface area contributed by atoms with Gasteiger partial charge in [0.15, 0.2) is 0 Å². The maximum absolute atomic E-state index is 10.9. The van der Waals surface area contributed by atoms with Crippen LogP contribution in [0.15, 0.2) is 65.1 Å². The molecule has 25 heavy (non-hydrogen) atoms. The molecule has 0 saturated carbocycles. The van der Waals surface area contributed by atoms with Crippen molar-refractivity contribution in [2.45, 2.75) is 0 Å². The van der Waals surface area contributed by atoms with Crippen LogP contribution >= 0.6 is 11.3 Å². The first-order chi connectivity index (χ1) is 12.2. The van der Waals surface area contributed by atoms with Crippen molar-refractivity contribution in [2.75, 3.05) is 0 Å². The van der Waals surface area contributed by atoms with E-state index in [4.69, 9.17) is 4.42 Å². The number of nitro benzene ring substituents is 1. The zero-order valence-corrected chi connectivity index (χ0v) is 13.8. The Morgan fingerprint density at radius 2 is 1.92 bits per heavy atom. The third kappa shape index (κ3) is 3.20. The van der Waals surface area contributed by atoms with Gasteiger partial charge >= 0.3 is 0 Å². The van der Waals surface area contributed by atoms with E-state index in [0.29, 0.717) is 17.1 Å². The van der Waals surface area contributed by atoms with Crippen LogP contribution in [0.5, 0.6) is 0 Å². The van der Waals surface area contributed by atoms with E-state index in [9.17, 15) is 10.1 Å². The Kier molecular flexibility index (Phi) is 3.87. The molecule has 0 aliphatic carbocycles. The van der Waals surface area contributed by atoms with Crippen LogP contribution in [0, 0.1) is 10.1 Å². The predicted molar refractivity (Wildman–Crippen MR) is 99.3 cm³/mol. The SMILES string of the molecule is O=[N+]([O-])c1cccc(-c2ccc(C=Cc3nc4ccccc4s3)o2)c1. The van der Waals surface area contributed by atoms with Gasteiger partial charge in [-0.15, -0.1) is 11.3 Å². The molecule has 0 bridgehead atoms. The summed E-state index contributed by atoms with van der Waals surface area (Å²) in [5.74, 6) is 1.26. The Labute approximate surface area is 147 Å². The fraction of sp³-hybridized carbons (Fsp3) is 0. The van der Waals surface area contributed by atoms with Gasteiger partial charge in [-0.1, -0.05) is 24.3 Å². The number of furan rings is 1. The number of nitro groups is 1. The number of non-ortho nitro benzene ring substituents is 1. The first kappa shape index (κ1) is 15.3. The van der Waals surface area contributed by atoms with Crippen molar-refractivity contribution in [1.82, 2.24) is 4.98 Å². The molecule has 0 N–H and O–H groups in total. The summed E-state index contributed by atoms with van der Waals surface area (Å²) in [4.78, 5) is 15.0. The number of para-hydroxylation sites is 1. The lowest BCUT2D eigenvalue weighted by Gasteiger charge is -1.96. The van der Waals surface area contributed by atoms with Gasteiger partial charge in [0.25, 0.3) is 5.69 Å². The molecule has 5 nitrogen and oxygen atoms in total. The largest absolute Gasteiger partial charge is 0.457 e. The van der Waals surface area contributed by atoms with E-state index >= 15 is 0 Å². The summed E-state index contributed by atoms with van der Waals surface area (Å²) in [5, 5.41) is 11.8. The fourth-order valence-corrected chi connectivity index (χ4v) is 3.36. The van der Waals surface area contributed by atoms with Gasteiger partial charge in [0.2, 0.25) is 0 Å². The molecule has 0 saturated heterocycles. The molecule has 0 amide bonds. The van der Waals surface area contributed by atoms with E-state index in [-0.39, 0.29) is 5.69 Å². The molecule has 2 aromatic carbocycles. The van der Waals surface area contributed by atoms with Crippen molar-refractivity contribution in [2.24, 2.45) is 0 Å². The molecule has 0 aliphatic rings. The highest BCUT2D eigenvalue weighted by Crippen LogP contribution is 2.27. The van der Waals surface area contributed by atoms with E-state index in [2.05, 4.69) is 4.98 Å². The average molecular weight is 348 g/mol. The molecule has 0 atom stereocenters. The van der Waals surface area contributed by atoms with Crippen molar-refractivity contribution in [3.05, 3.63) is 81.5 Å². The van der Waals surface area contributed by atoms with Crippen LogP contribution in [-0.2, 0) is 0 Å². The van der Waals surface area contributed by atoms with E-state index in [1.165, 1.54) is 12.1 Å². The maximum Gasteiger partial charge on any atom is 0.270 e. The lowest BCUT2D eigenvalue weighted by molar-refractivity contribution is -0.384. The molecule has 6 heteroatoms. The van der Waals surface area contributed by atoms with Gasteiger partial charge in [-0.05, 0) is 36.4 Å². The van der Waals surface area contributed by atoms with Gasteiger partial charge in [0.05, 0.1) is 15.1 Å². The second-order valence-corrected chi connectivity index (χ2v) is 6.42. The Balaban J connectivity index is 1.58. The summed E-state index contributed by atoms with van der Waals surface area (Å²) >= 11 is 1.61. The summed E-state index contributed by atoms with van der Waals surface area (Å²) in [6, 6.07) is 18.0.